The van der Waals surface area contributed by atoms with Gasteiger partial charge in [0.25, 0.3) is 0 Å². The number of fused-ring (bicyclic) bond motifs is 10. The Morgan fingerprint density at radius 2 is 0.946 bits per heavy atom. The Morgan fingerprint density at radius 3 is 1.77 bits per heavy atom. The van der Waals surface area contributed by atoms with E-state index < -0.39 is 0 Å². The fraction of sp³-hybridized carbons (Fsp3) is 0. The first-order valence-corrected chi connectivity index (χ1v) is 19.1. The average molecular weight is 713 g/mol. The molecule has 0 N–H and O–H groups in total. The smallest absolute Gasteiger partial charge is 0.235 e. The molecule has 3 heterocycles. The maximum atomic E-state index is 5.45. The van der Waals surface area contributed by atoms with Crippen LogP contribution < -0.4 is 0 Å². The van der Waals surface area contributed by atoms with E-state index in [0.29, 0.717) is 5.95 Å². The number of nitrogens with zero attached hydrogens (tertiary/aromatic N) is 4. The molecule has 0 atom stereocenters. The average Bonchev–Trinajstić information content (AvgIpc) is 3.78. The Balaban J connectivity index is 1.14. The number of hydrogen-bond acceptors (Lipinski definition) is 2. The minimum Gasteiger partial charge on any atom is -0.309 e. The van der Waals surface area contributed by atoms with Crippen LogP contribution in [0.2, 0.25) is 0 Å². The molecule has 0 unspecified atom stereocenters. The van der Waals surface area contributed by atoms with Gasteiger partial charge in [-0.1, -0.05) is 146 Å². The number of aromatic nitrogens is 4. The molecule has 0 aliphatic heterocycles. The quantitative estimate of drug-likeness (QED) is 0.182. The molecular weight excluding hydrogens is 681 g/mol. The lowest BCUT2D eigenvalue weighted by Gasteiger charge is -2.14. The van der Waals surface area contributed by atoms with Gasteiger partial charge in [0.2, 0.25) is 5.95 Å². The molecular formula is C52H32N4. The molecule has 3 aromatic heterocycles. The van der Waals surface area contributed by atoms with Gasteiger partial charge < -0.3 is 4.57 Å². The molecule has 12 rings (SSSR count). The van der Waals surface area contributed by atoms with Gasteiger partial charge in [0.15, 0.2) is 0 Å². The lowest BCUT2D eigenvalue weighted by Crippen LogP contribution is -2.04. The lowest BCUT2D eigenvalue weighted by molar-refractivity contribution is 1.02. The number of hydrogen-bond donors (Lipinski definition) is 0. The summed E-state index contributed by atoms with van der Waals surface area (Å²) >= 11 is 0. The minimum absolute atomic E-state index is 0.657. The minimum atomic E-state index is 0.657. The van der Waals surface area contributed by atoms with Crippen LogP contribution in [0.15, 0.2) is 194 Å². The Labute approximate surface area is 322 Å². The molecule has 4 heteroatoms. The van der Waals surface area contributed by atoms with Crippen LogP contribution in [-0.4, -0.2) is 19.1 Å². The fourth-order valence-corrected chi connectivity index (χ4v) is 8.98. The van der Waals surface area contributed by atoms with Crippen molar-refractivity contribution in [2.45, 2.75) is 0 Å². The van der Waals surface area contributed by atoms with Gasteiger partial charge in [0.05, 0.1) is 33.3 Å². The molecule has 0 radical (unpaired) electrons. The van der Waals surface area contributed by atoms with Crippen molar-refractivity contribution >= 4 is 76.1 Å². The third-order valence-corrected chi connectivity index (χ3v) is 11.5. The van der Waals surface area contributed by atoms with E-state index in [1.165, 1.54) is 54.5 Å². The van der Waals surface area contributed by atoms with Gasteiger partial charge in [-0.15, -0.1) is 0 Å². The van der Waals surface area contributed by atoms with Crippen LogP contribution >= 0.6 is 0 Å². The number of para-hydroxylation sites is 4. The molecule has 0 fully saturated rings. The first kappa shape index (κ1) is 30.9. The molecule has 0 amide bonds. The Morgan fingerprint density at radius 1 is 0.339 bits per heavy atom. The monoisotopic (exact) mass is 712 g/mol. The maximum absolute atomic E-state index is 5.45. The fourth-order valence-electron chi connectivity index (χ4n) is 8.98. The summed E-state index contributed by atoms with van der Waals surface area (Å²) in [5, 5.41) is 10.6. The Bertz CT molecular complexity index is 3540. The largest absolute Gasteiger partial charge is 0.309 e. The summed E-state index contributed by atoms with van der Waals surface area (Å²) in [6.07, 6.45) is 0. The summed E-state index contributed by atoms with van der Waals surface area (Å²) in [5.41, 5.74) is 11.0. The SMILES string of the molecule is c1ccc(-n2c3ccccc3c3ccc(-c4cc5c6ccccc6n(-c6nc(-c7ccc8ccccc8c7)c7ccccc7n6)c5c5ccccc45)cc32)cc1. The predicted octanol–water partition coefficient (Wildman–Crippen LogP) is 13.5. The van der Waals surface area contributed by atoms with Gasteiger partial charge in [-0.2, -0.15) is 0 Å². The normalized spacial score (nSPS) is 11.9. The van der Waals surface area contributed by atoms with E-state index in [2.05, 4.69) is 203 Å². The van der Waals surface area contributed by atoms with Crippen LogP contribution in [0.5, 0.6) is 0 Å². The molecule has 0 saturated heterocycles. The van der Waals surface area contributed by atoms with Crippen molar-refractivity contribution in [1.29, 1.82) is 0 Å². The zero-order chi connectivity index (χ0) is 36.7. The van der Waals surface area contributed by atoms with Crippen molar-refractivity contribution in [3.63, 3.8) is 0 Å². The van der Waals surface area contributed by atoms with Gasteiger partial charge in [-0.3, -0.25) is 4.57 Å². The Kier molecular flexibility index (Phi) is 6.60. The van der Waals surface area contributed by atoms with E-state index in [1.807, 2.05) is 0 Å². The highest BCUT2D eigenvalue weighted by Gasteiger charge is 2.22. The summed E-state index contributed by atoms with van der Waals surface area (Å²) in [5.74, 6) is 0.657. The third-order valence-electron chi connectivity index (χ3n) is 11.5. The summed E-state index contributed by atoms with van der Waals surface area (Å²) < 4.78 is 4.68. The third kappa shape index (κ3) is 4.53. The molecule has 4 nitrogen and oxygen atoms in total. The van der Waals surface area contributed by atoms with Crippen molar-refractivity contribution in [2.75, 3.05) is 0 Å². The first-order valence-electron chi connectivity index (χ1n) is 19.1. The van der Waals surface area contributed by atoms with Crippen LogP contribution in [0.25, 0.3) is 110 Å². The second-order valence-electron chi connectivity index (χ2n) is 14.6. The van der Waals surface area contributed by atoms with Gasteiger partial charge >= 0.3 is 0 Å². The molecule has 9 aromatic carbocycles. The highest BCUT2D eigenvalue weighted by molar-refractivity contribution is 6.22. The van der Waals surface area contributed by atoms with Crippen molar-refractivity contribution in [3.8, 4) is 34.0 Å². The van der Waals surface area contributed by atoms with E-state index in [-0.39, 0.29) is 0 Å². The second-order valence-corrected chi connectivity index (χ2v) is 14.6. The highest BCUT2D eigenvalue weighted by atomic mass is 15.2. The summed E-state index contributed by atoms with van der Waals surface area (Å²) in [6.45, 7) is 0. The van der Waals surface area contributed by atoms with Crippen molar-refractivity contribution < 1.29 is 0 Å². The summed E-state index contributed by atoms with van der Waals surface area (Å²) in [6, 6.07) is 69.7. The first-order chi connectivity index (χ1) is 27.8. The summed E-state index contributed by atoms with van der Waals surface area (Å²) in [4.78, 5) is 10.7. The zero-order valence-corrected chi connectivity index (χ0v) is 30.3. The van der Waals surface area contributed by atoms with Crippen LogP contribution in [0, 0.1) is 0 Å². The molecule has 0 saturated carbocycles. The van der Waals surface area contributed by atoms with Gasteiger partial charge in [0.1, 0.15) is 0 Å². The molecule has 0 spiro atoms. The van der Waals surface area contributed by atoms with E-state index in [1.54, 1.807) is 0 Å². The lowest BCUT2D eigenvalue weighted by atomic mass is 9.94. The molecule has 0 bridgehead atoms. The van der Waals surface area contributed by atoms with E-state index in [0.717, 1.165) is 49.7 Å². The van der Waals surface area contributed by atoms with Crippen molar-refractivity contribution in [3.05, 3.63) is 194 Å². The van der Waals surface area contributed by atoms with Crippen molar-refractivity contribution in [1.82, 2.24) is 19.1 Å². The van der Waals surface area contributed by atoms with Crippen LogP contribution in [-0.2, 0) is 0 Å². The molecule has 12 aromatic rings. The zero-order valence-electron chi connectivity index (χ0n) is 30.3. The van der Waals surface area contributed by atoms with Crippen molar-refractivity contribution in [2.24, 2.45) is 0 Å². The molecule has 0 aliphatic rings. The van der Waals surface area contributed by atoms with Crippen LogP contribution in [0.3, 0.4) is 0 Å². The van der Waals surface area contributed by atoms with Crippen LogP contribution in [0.4, 0.5) is 0 Å². The maximum Gasteiger partial charge on any atom is 0.235 e. The van der Waals surface area contributed by atoms with Crippen LogP contribution in [0.1, 0.15) is 0 Å². The van der Waals surface area contributed by atoms with E-state index in [9.17, 15) is 0 Å². The van der Waals surface area contributed by atoms with Gasteiger partial charge in [-0.05, 0) is 75.8 Å². The molecule has 56 heavy (non-hydrogen) atoms. The molecule has 0 aliphatic carbocycles. The standard InChI is InChI=1S/C52H32N4/c1-2-16-37(17-3-1)55-47-24-12-9-19-39(47)41-29-28-35(31-49(41)55)44-32-45-40-20-10-13-25-48(40)56(51(45)42-21-7-6-18-38(42)44)52-53-46-23-11-8-22-43(46)50(54-52)36-27-26-33-14-4-5-15-34(33)30-36/h1-32H. The summed E-state index contributed by atoms with van der Waals surface area (Å²) in [7, 11) is 0. The Hall–Kier alpha value is -7.56. The number of rotatable bonds is 4. The molecule has 260 valence electrons. The van der Waals surface area contributed by atoms with E-state index >= 15 is 0 Å². The van der Waals surface area contributed by atoms with Gasteiger partial charge in [0, 0.05) is 43.6 Å². The second kappa shape index (κ2) is 12.0. The number of benzene rings is 9. The highest BCUT2D eigenvalue weighted by Crippen LogP contribution is 2.43. The van der Waals surface area contributed by atoms with Gasteiger partial charge in [-0.25, -0.2) is 9.97 Å². The predicted molar refractivity (Wildman–Crippen MR) is 234 cm³/mol. The topological polar surface area (TPSA) is 35.6 Å². The van der Waals surface area contributed by atoms with E-state index in [4.69, 9.17) is 9.97 Å².